The normalized spacial score (nSPS) is 12.8. The average molecular weight is 295 g/mol. The standard InChI is InChI=1S/C10H12Cl2N2O2S/c1-8(10(11)12)13-14-17(15,16)7-9-5-3-2-4-6-9/h2-6,10,14H,7H2,1H3. The van der Waals surface area contributed by atoms with Gasteiger partial charge in [-0.15, -0.1) is 0 Å². The van der Waals surface area contributed by atoms with Crippen LogP contribution in [0.5, 0.6) is 0 Å². The van der Waals surface area contributed by atoms with Crippen molar-refractivity contribution < 1.29 is 8.42 Å². The second-order valence-corrected chi connectivity index (χ2v) is 6.19. The first-order valence-electron chi connectivity index (χ1n) is 4.76. The predicted molar refractivity (Wildman–Crippen MR) is 70.8 cm³/mol. The third-order valence-corrected chi connectivity index (χ3v) is 3.59. The minimum atomic E-state index is -3.52. The Morgan fingerprint density at radius 3 is 2.47 bits per heavy atom. The molecule has 1 aromatic carbocycles. The van der Waals surface area contributed by atoms with Gasteiger partial charge in [-0.2, -0.15) is 5.10 Å². The quantitative estimate of drug-likeness (QED) is 0.515. The summed E-state index contributed by atoms with van der Waals surface area (Å²) in [6.45, 7) is 1.54. The van der Waals surface area contributed by atoms with Gasteiger partial charge in [-0.3, -0.25) is 0 Å². The first-order chi connectivity index (χ1) is 7.91. The average Bonchev–Trinajstić information content (AvgIpc) is 2.26. The Bertz CT molecular complexity index is 486. The summed E-state index contributed by atoms with van der Waals surface area (Å²) >= 11 is 11.0. The van der Waals surface area contributed by atoms with Crippen molar-refractivity contribution in [1.82, 2.24) is 4.83 Å². The Morgan fingerprint density at radius 1 is 1.35 bits per heavy atom. The van der Waals surface area contributed by atoms with E-state index < -0.39 is 14.9 Å². The van der Waals surface area contributed by atoms with Crippen LogP contribution in [-0.4, -0.2) is 19.0 Å². The van der Waals surface area contributed by atoms with Crippen molar-refractivity contribution in [1.29, 1.82) is 0 Å². The van der Waals surface area contributed by atoms with Gasteiger partial charge in [-0.1, -0.05) is 53.5 Å². The van der Waals surface area contributed by atoms with Crippen LogP contribution < -0.4 is 4.83 Å². The summed E-state index contributed by atoms with van der Waals surface area (Å²) in [6, 6.07) is 8.81. The lowest BCUT2D eigenvalue weighted by Gasteiger charge is -2.05. The molecular weight excluding hydrogens is 283 g/mol. The second kappa shape index (κ2) is 6.23. The number of nitrogens with one attached hydrogen (secondary N) is 1. The van der Waals surface area contributed by atoms with Crippen LogP contribution in [0.1, 0.15) is 12.5 Å². The molecule has 1 rings (SSSR count). The summed E-state index contributed by atoms with van der Waals surface area (Å²) in [4.78, 5) is 1.26. The van der Waals surface area contributed by atoms with E-state index >= 15 is 0 Å². The first kappa shape index (κ1) is 14.3. The molecule has 0 atom stereocenters. The molecule has 0 unspecified atom stereocenters. The topological polar surface area (TPSA) is 58.5 Å². The van der Waals surface area contributed by atoms with Gasteiger partial charge in [-0.25, -0.2) is 13.2 Å². The lowest BCUT2D eigenvalue weighted by molar-refractivity contribution is 0.583. The van der Waals surface area contributed by atoms with Crippen LogP contribution in [-0.2, 0) is 15.8 Å². The molecule has 7 heteroatoms. The van der Waals surface area contributed by atoms with E-state index in [9.17, 15) is 8.42 Å². The first-order valence-corrected chi connectivity index (χ1v) is 7.29. The number of benzene rings is 1. The van der Waals surface area contributed by atoms with Crippen molar-refractivity contribution in [2.24, 2.45) is 5.10 Å². The van der Waals surface area contributed by atoms with Gasteiger partial charge in [0.1, 0.15) is 4.84 Å². The molecular formula is C10H12Cl2N2O2S. The highest BCUT2D eigenvalue weighted by molar-refractivity contribution is 7.88. The van der Waals surface area contributed by atoms with Crippen LogP contribution in [0.2, 0.25) is 0 Å². The van der Waals surface area contributed by atoms with Crippen molar-refractivity contribution in [3.63, 3.8) is 0 Å². The lowest BCUT2D eigenvalue weighted by atomic mass is 10.2. The van der Waals surface area contributed by atoms with Crippen LogP contribution >= 0.6 is 23.2 Å². The third kappa shape index (κ3) is 5.39. The zero-order valence-electron chi connectivity index (χ0n) is 9.10. The maximum absolute atomic E-state index is 11.6. The summed E-state index contributed by atoms with van der Waals surface area (Å²) < 4.78 is 23.2. The summed E-state index contributed by atoms with van der Waals surface area (Å²) in [5, 5.41) is 3.61. The fourth-order valence-corrected chi connectivity index (χ4v) is 2.09. The van der Waals surface area contributed by atoms with Crippen molar-refractivity contribution in [2.75, 3.05) is 0 Å². The lowest BCUT2D eigenvalue weighted by Crippen LogP contribution is -2.22. The van der Waals surface area contributed by atoms with Gasteiger partial charge in [0.2, 0.25) is 0 Å². The predicted octanol–water partition coefficient (Wildman–Crippen LogP) is 2.29. The molecule has 94 valence electrons. The Hall–Kier alpha value is -0.780. The highest BCUT2D eigenvalue weighted by Gasteiger charge is 2.11. The number of alkyl halides is 2. The van der Waals surface area contributed by atoms with Gasteiger partial charge >= 0.3 is 0 Å². The van der Waals surface area contributed by atoms with Crippen LogP contribution in [0.15, 0.2) is 35.4 Å². The van der Waals surface area contributed by atoms with Crippen molar-refractivity contribution in [2.45, 2.75) is 17.5 Å². The highest BCUT2D eigenvalue weighted by atomic mass is 35.5. The highest BCUT2D eigenvalue weighted by Crippen LogP contribution is 2.06. The van der Waals surface area contributed by atoms with Gasteiger partial charge in [0.05, 0.1) is 11.5 Å². The van der Waals surface area contributed by atoms with Gasteiger partial charge in [0.15, 0.2) is 0 Å². The summed E-state index contributed by atoms with van der Waals surface area (Å²) in [7, 11) is -3.52. The SMILES string of the molecule is CC(=NNS(=O)(=O)Cc1ccccc1)C(Cl)Cl. The zero-order chi connectivity index (χ0) is 12.9. The van der Waals surface area contributed by atoms with Gasteiger partial charge in [0.25, 0.3) is 10.0 Å². The molecule has 0 aliphatic carbocycles. The Balaban J connectivity index is 2.68. The molecule has 17 heavy (non-hydrogen) atoms. The number of nitrogens with zero attached hydrogens (tertiary/aromatic N) is 1. The Morgan fingerprint density at radius 2 is 1.94 bits per heavy atom. The van der Waals surface area contributed by atoms with Crippen LogP contribution in [0.25, 0.3) is 0 Å². The molecule has 0 radical (unpaired) electrons. The van der Waals surface area contributed by atoms with E-state index in [2.05, 4.69) is 9.93 Å². The minimum Gasteiger partial charge on any atom is -0.205 e. The maximum Gasteiger partial charge on any atom is 0.251 e. The summed E-state index contributed by atoms with van der Waals surface area (Å²) in [5.41, 5.74) is 0.978. The van der Waals surface area contributed by atoms with E-state index in [0.29, 0.717) is 11.3 Å². The molecule has 1 aromatic rings. The van der Waals surface area contributed by atoms with Gasteiger partial charge < -0.3 is 0 Å². The number of hydrogen-bond donors (Lipinski definition) is 1. The monoisotopic (exact) mass is 294 g/mol. The molecule has 0 spiro atoms. The third-order valence-electron chi connectivity index (χ3n) is 1.88. The van der Waals surface area contributed by atoms with E-state index in [-0.39, 0.29) is 5.75 Å². The Labute approximate surface area is 111 Å². The zero-order valence-corrected chi connectivity index (χ0v) is 11.4. The molecule has 0 bridgehead atoms. The van der Waals surface area contributed by atoms with Crippen molar-refractivity contribution >= 4 is 38.9 Å². The Kier molecular flexibility index (Phi) is 5.24. The van der Waals surface area contributed by atoms with Crippen LogP contribution in [0.3, 0.4) is 0 Å². The fraction of sp³-hybridized carbons (Fsp3) is 0.300. The molecule has 4 nitrogen and oxygen atoms in total. The molecule has 0 amide bonds. The van der Waals surface area contributed by atoms with Crippen LogP contribution in [0.4, 0.5) is 0 Å². The number of hydrogen-bond acceptors (Lipinski definition) is 3. The second-order valence-electron chi connectivity index (χ2n) is 3.39. The minimum absolute atomic E-state index is 0.139. The fourth-order valence-electron chi connectivity index (χ4n) is 1.02. The van der Waals surface area contributed by atoms with E-state index in [0.717, 1.165) is 0 Å². The largest absolute Gasteiger partial charge is 0.251 e. The number of rotatable bonds is 5. The molecule has 0 aromatic heterocycles. The van der Waals surface area contributed by atoms with Gasteiger partial charge in [-0.05, 0) is 12.5 Å². The number of halogens is 2. The van der Waals surface area contributed by atoms with E-state index in [1.165, 1.54) is 6.92 Å². The maximum atomic E-state index is 11.6. The summed E-state index contributed by atoms with van der Waals surface area (Å²) in [6.07, 6.45) is 0. The molecule has 0 saturated carbocycles. The van der Waals surface area contributed by atoms with Crippen LogP contribution in [0, 0.1) is 0 Å². The van der Waals surface area contributed by atoms with E-state index in [1.54, 1.807) is 24.3 Å². The number of sulfonamides is 1. The van der Waals surface area contributed by atoms with Crippen molar-refractivity contribution in [3.05, 3.63) is 35.9 Å². The molecule has 1 N–H and O–H groups in total. The van der Waals surface area contributed by atoms with E-state index in [1.807, 2.05) is 6.07 Å². The molecule has 0 heterocycles. The van der Waals surface area contributed by atoms with Crippen molar-refractivity contribution in [3.8, 4) is 0 Å². The van der Waals surface area contributed by atoms with E-state index in [4.69, 9.17) is 23.2 Å². The molecule has 0 saturated heterocycles. The molecule has 0 fully saturated rings. The summed E-state index contributed by atoms with van der Waals surface area (Å²) in [5.74, 6) is -0.139. The molecule has 0 aliphatic rings. The smallest absolute Gasteiger partial charge is 0.205 e. The number of hydrazone groups is 1. The van der Waals surface area contributed by atoms with Gasteiger partial charge in [0, 0.05) is 0 Å². The molecule has 0 aliphatic heterocycles.